The first-order valence-electron chi connectivity index (χ1n) is 4.39. The van der Waals surface area contributed by atoms with E-state index in [1.807, 2.05) is 0 Å². The molecule has 1 N–H and O–H groups in total. The van der Waals surface area contributed by atoms with Gasteiger partial charge in [-0.05, 0) is 36.7 Å². The van der Waals surface area contributed by atoms with Gasteiger partial charge in [-0.25, -0.2) is 4.79 Å². The van der Waals surface area contributed by atoms with Crippen molar-refractivity contribution in [1.82, 2.24) is 4.37 Å². The Balaban J connectivity index is 2.41. The number of nitrogens with zero attached hydrogens (tertiary/aromatic N) is 1. The second-order valence-electron chi connectivity index (χ2n) is 3.59. The summed E-state index contributed by atoms with van der Waals surface area (Å²) in [7, 11) is 0. The van der Waals surface area contributed by atoms with Crippen LogP contribution in [0.25, 0.3) is 0 Å². The highest BCUT2D eigenvalue weighted by atomic mass is 32.1. The van der Waals surface area contributed by atoms with Crippen molar-refractivity contribution in [2.45, 2.75) is 26.2 Å². The van der Waals surface area contributed by atoms with Gasteiger partial charge < -0.3 is 5.11 Å². The standard InChI is InChI=1S/C9H11NO2S/c1-5-2-3-7-6(4-5)8(9(11)12)13-10-7/h5H,2-4H2,1H3,(H,11,12). The maximum atomic E-state index is 10.8. The Labute approximate surface area is 80.6 Å². The molecule has 0 radical (unpaired) electrons. The zero-order chi connectivity index (χ0) is 9.42. The van der Waals surface area contributed by atoms with Crippen molar-refractivity contribution in [1.29, 1.82) is 0 Å². The van der Waals surface area contributed by atoms with Gasteiger partial charge in [-0.2, -0.15) is 4.37 Å². The number of carboxylic acids is 1. The van der Waals surface area contributed by atoms with E-state index in [9.17, 15) is 4.79 Å². The first kappa shape index (κ1) is 8.69. The molecule has 0 bridgehead atoms. The first-order valence-corrected chi connectivity index (χ1v) is 5.16. The van der Waals surface area contributed by atoms with Crippen LogP contribution in [0.4, 0.5) is 0 Å². The fraction of sp³-hybridized carbons (Fsp3) is 0.556. The van der Waals surface area contributed by atoms with Crippen LogP contribution in [0.5, 0.6) is 0 Å². The molecule has 1 unspecified atom stereocenters. The fourth-order valence-corrected chi connectivity index (χ4v) is 2.54. The molecule has 0 amide bonds. The van der Waals surface area contributed by atoms with Gasteiger partial charge in [0.05, 0.1) is 5.69 Å². The fourth-order valence-electron chi connectivity index (χ4n) is 1.75. The van der Waals surface area contributed by atoms with Crippen molar-refractivity contribution in [2.75, 3.05) is 0 Å². The predicted molar refractivity (Wildman–Crippen MR) is 50.3 cm³/mol. The molecule has 70 valence electrons. The summed E-state index contributed by atoms with van der Waals surface area (Å²) in [5, 5.41) is 8.89. The van der Waals surface area contributed by atoms with E-state index in [0.717, 1.165) is 42.1 Å². The molecule has 0 saturated carbocycles. The van der Waals surface area contributed by atoms with Crippen LogP contribution in [-0.2, 0) is 12.8 Å². The van der Waals surface area contributed by atoms with Crippen LogP contribution in [0, 0.1) is 5.92 Å². The quantitative estimate of drug-likeness (QED) is 0.748. The minimum Gasteiger partial charge on any atom is -0.477 e. The largest absolute Gasteiger partial charge is 0.477 e. The molecule has 4 heteroatoms. The van der Waals surface area contributed by atoms with E-state index < -0.39 is 5.97 Å². The van der Waals surface area contributed by atoms with Gasteiger partial charge in [-0.3, -0.25) is 0 Å². The monoisotopic (exact) mass is 197 g/mol. The van der Waals surface area contributed by atoms with E-state index in [4.69, 9.17) is 5.11 Å². The van der Waals surface area contributed by atoms with Crippen molar-refractivity contribution < 1.29 is 9.90 Å². The number of aromatic carboxylic acids is 1. The Bertz CT molecular complexity index is 345. The SMILES string of the molecule is CC1CCc2nsc(C(=O)O)c2C1. The molecule has 1 aromatic heterocycles. The summed E-state index contributed by atoms with van der Waals surface area (Å²) in [5.74, 6) is -0.227. The molecule has 0 spiro atoms. The van der Waals surface area contributed by atoms with E-state index >= 15 is 0 Å². The summed E-state index contributed by atoms with van der Waals surface area (Å²) in [6.45, 7) is 2.16. The molecule has 13 heavy (non-hydrogen) atoms. The Morgan fingerprint density at radius 3 is 3.15 bits per heavy atom. The average Bonchev–Trinajstić information content (AvgIpc) is 2.46. The summed E-state index contributed by atoms with van der Waals surface area (Å²) in [6, 6.07) is 0. The zero-order valence-electron chi connectivity index (χ0n) is 7.41. The van der Waals surface area contributed by atoms with Gasteiger partial charge >= 0.3 is 5.97 Å². The lowest BCUT2D eigenvalue weighted by molar-refractivity contribution is 0.0700. The first-order chi connectivity index (χ1) is 6.18. The van der Waals surface area contributed by atoms with Gasteiger partial charge in [0.25, 0.3) is 0 Å². The van der Waals surface area contributed by atoms with Crippen molar-refractivity contribution >= 4 is 17.5 Å². The van der Waals surface area contributed by atoms with Gasteiger partial charge in [-0.15, -0.1) is 0 Å². The van der Waals surface area contributed by atoms with Gasteiger partial charge in [-0.1, -0.05) is 6.92 Å². The molecule has 2 rings (SSSR count). The Kier molecular flexibility index (Phi) is 2.07. The molecule has 1 atom stereocenters. The second kappa shape index (κ2) is 3.10. The predicted octanol–water partition coefficient (Wildman–Crippen LogP) is 1.97. The number of aromatic nitrogens is 1. The van der Waals surface area contributed by atoms with E-state index in [2.05, 4.69) is 11.3 Å². The number of rotatable bonds is 1. The number of fused-ring (bicyclic) bond motifs is 1. The molecule has 0 aromatic carbocycles. The van der Waals surface area contributed by atoms with E-state index in [1.54, 1.807) is 0 Å². The number of carboxylic acid groups (broad SMARTS) is 1. The van der Waals surface area contributed by atoms with Crippen LogP contribution in [0.1, 0.15) is 34.3 Å². The maximum absolute atomic E-state index is 10.8. The van der Waals surface area contributed by atoms with Gasteiger partial charge in [0.1, 0.15) is 4.88 Å². The van der Waals surface area contributed by atoms with Crippen LogP contribution in [-0.4, -0.2) is 15.4 Å². The van der Waals surface area contributed by atoms with Crippen molar-refractivity contribution in [3.63, 3.8) is 0 Å². The van der Waals surface area contributed by atoms with Crippen LogP contribution in [0.2, 0.25) is 0 Å². The van der Waals surface area contributed by atoms with Gasteiger partial charge in [0, 0.05) is 5.56 Å². The molecule has 1 aromatic rings. The van der Waals surface area contributed by atoms with Crippen LogP contribution in [0.15, 0.2) is 0 Å². The highest BCUT2D eigenvalue weighted by Gasteiger charge is 2.24. The normalized spacial score (nSPS) is 21.2. The second-order valence-corrected chi connectivity index (χ2v) is 4.36. The molecule has 0 saturated heterocycles. The summed E-state index contributed by atoms with van der Waals surface area (Å²) in [5.41, 5.74) is 2.00. The van der Waals surface area contributed by atoms with Crippen LogP contribution in [0.3, 0.4) is 0 Å². The van der Waals surface area contributed by atoms with Gasteiger partial charge in [0.15, 0.2) is 0 Å². The average molecular weight is 197 g/mol. The lowest BCUT2D eigenvalue weighted by atomic mass is 9.88. The van der Waals surface area contributed by atoms with Crippen molar-refractivity contribution in [3.8, 4) is 0 Å². The highest BCUT2D eigenvalue weighted by Crippen LogP contribution is 2.29. The topological polar surface area (TPSA) is 50.2 Å². The molecule has 0 aliphatic heterocycles. The minimum atomic E-state index is -0.826. The molecule has 1 heterocycles. The Hall–Kier alpha value is -0.900. The third-order valence-electron chi connectivity index (χ3n) is 2.49. The zero-order valence-corrected chi connectivity index (χ0v) is 8.23. The van der Waals surface area contributed by atoms with E-state index in [-0.39, 0.29) is 0 Å². The Morgan fingerprint density at radius 2 is 2.46 bits per heavy atom. The van der Waals surface area contributed by atoms with Crippen LogP contribution >= 0.6 is 11.5 Å². The lowest BCUT2D eigenvalue weighted by Gasteiger charge is -2.17. The molecular formula is C9H11NO2S. The number of carbonyl (C=O) groups is 1. The third kappa shape index (κ3) is 1.46. The highest BCUT2D eigenvalue weighted by molar-refractivity contribution is 7.08. The number of aryl methyl sites for hydroxylation is 1. The molecule has 1 aliphatic rings. The smallest absolute Gasteiger partial charge is 0.347 e. The van der Waals surface area contributed by atoms with Gasteiger partial charge in [0.2, 0.25) is 0 Å². The molecular weight excluding hydrogens is 186 g/mol. The summed E-state index contributed by atoms with van der Waals surface area (Å²) in [6.07, 6.45) is 2.96. The molecule has 1 aliphatic carbocycles. The van der Waals surface area contributed by atoms with Crippen LogP contribution < -0.4 is 0 Å². The maximum Gasteiger partial charge on any atom is 0.347 e. The molecule has 3 nitrogen and oxygen atoms in total. The summed E-state index contributed by atoms with van der Waals surface area (Å²) >= 11 is 1.13. The van der Waals surface area contributed by atoms with E-state index in [0.29, 0.717) is 10.8 Å². The number of hydrogen-bond acceptors (Lipinski definition) is 3. The Morgan fingerprint density at radius 1 is 1.69 bits per heavy atom. The summed E-state index contributed by atoms with van der Waals surface area (Å²) in [4.78, 5) is 11.3. The lowest BCUT2D eigenvalue weighted by Crippen LogP contribution is -2.12. The molecule has 0 fully saturated rings. The third-order valence-corrected chi connectivity index (χ3v) is 3.41. The van der Waals surface area contributed by atoms with Crippen molar-refractivity contribution in [2.24, 2.45) is 5.92 Å². The van der Waals surface area contributed by atoms with Crippen molar-refractivity contribution in [3.05, 3.63) is 16.1 Å². The minimum absolute atomic E-state index is 0.446. The van der Waals surface area contributed by atoms with E-state index in [1.165, 1.54) is 0 Å². The summed E-state index contributed by atoms with van der Waals surface area (Å²) < 4.78 is 4.17. The number of hydrogen-bond donors (Lipinski definition) is 1.